The Balaban J connectivity index is 1.75. The first-order valence-electron chi connectivity index (χ1n) is 9.38. The third-order valence-corrected chi connectivity index (χ3v) is 6.43. The summed E-state index contributed by atoms with van der Waals surface area (Å²) in [5.41, 5.74) is 4.08. The molecule has 0 saturated carbocycles. The monoisotopic (exact) mass is 440 g/mol. The third kappa shape index (κ3) is 4.52. The fourth-order valence-electron chi connectivity index (χ4n) is 2.97. The molecule has 0 amide bonds. The number of aryl methyl sites for hydroxylation is 3. The smallest absolute Gasteiger partial charge is 0.234 e. The summed E-state index contributed by atoms with van der Waals surface area (Å²) in [7, 11) is 0. The van der Waals surface area contributed by atoms with Gasteiger partial charge in [-0.05, 0) is 68.7 Å². The lowest BCUT2D eigenvalue weighted by Gasteiger charge is -2.25. The minimum absolute atomic E-state index is 0.243. The van der Waals surface area contributed by atoms with Crippen molar-refractivity contribution in [2.75, 3.05) is 5.32 Å². The van der Waals surface area contributed by atoms with Gasteiger partial charge in [-0.25, -0.2) is 9.40 Å². The summed E-state index contributed by atoms with van der Waals surface area (Å²) in [5.74, 6) is 0.228. The van der Waals surface area contributed by atoms with Crippen molar-refractivity contribution in [2.45, 2.75) is 33.1 Å². The van der Waals surface area contributed by atoms with Crippen LogP contribution in [0.5, 0.6) is 0 Å². The molecule has 154 valence electrons. The average Bonchev–Trinajstić information content (AvgIpc) is 3.29. The Kier molecular flexibility index (Phi) is 5.83. The molecule has 2 heterocycles. The fraction of sp³-hybridized carbons (Fsp3) is 0.238. The number of thioether (sulfide) groups is 1. The first-order chi connectivity index (χ1) is 14.4. The molecule has 0 radical (unpaired) electrons. The molecule has 0 aliphatic carbocycles. The van der Waals surface area contributed by atoms with E-state index in [1.165, 1.54) is 34.6 Å². The normalized spacial score (nSPS) is 16.7. The van der Waals surface area contributed by atoms with E-state index in [0.717, 1.165) is 21.3 Å². The second-order valence-electron chi connectivity index (χ2n) is 6.95. The van der Waals surface area contributed by atoms with Gasteiger partial charge in [-0.1, -0.05) is 41.3 Å². The zero-order chi connectivity index (χ0) is 21.3. The Bertz CT molecular complexity index is 1140. The van der Waals surface area contributed by atoms with Crippen LogP contribution in [-0.2, 0) is 0 Å². The number of nitrogens with zero attached hydrogens (tertiary/aromatic N) is 5. The Hall–Kier alpha value is -2.78. The van der Waals surface area contributed by atoms with E-state index in [9.17, 15) is 4.39 Å². The maximum atomic E-state index is 13.9. The van der Waals surface area contributed by atoms with Crippen molar-refractivity contribution in [1.82, 2.24) is 15.2 Å². The van der Waals surface area contributed by atoms with E-state index < -0.39 is 0 Å². The lowest BCUT2D eigenvalue weighted by molar-refractivity contribution is 0.436. The van der Waals surface area contributed by atoms with Crippen molar-refractivity contribution < 1.29 is 4.39 Å². The van der Waals surface area contributed by atoms with Crippen LogP contribution in [0.4, 0.5) is 15.2 Å². The summed E-state index contributed by atoms with van der Waals surface area (Å²) in [4.78, 5) is 4.70. The predicted molar refractivity (Wildman–Crippen MR) is 123 cm³/mol. The van der Waals surface area contributed by atoms with Crippen LogP contribution in [0.15, 0.2) is 52.6 Å². The minimum atomic E-state index is -0.280. The van der Waals surface area contributed by atoms with Gasteiger partial charge in [0.15, 0.2) is 0 Å². The molecule has 9 heteroatoms. The van der Waals surface area contributed by atoms with Crippen molar-refractivity contribution in [2.24, 2.45) is 10.1 Å². The van der Waals surface area contributed by atoms with Gasteiger partial charge in [-0.15, -0.1) is 10.2 Å². The zero-order valence-electron chi connectivity index (χ0n) is 17.0. The van der Waals surface area contributed by atoms with E-state index >= 15 is 0 Å². The van der Waals surface area contributed by atoms with E-state index in [-0.39, 0.29) is 11.2 Å². The van der Waals surface area contributed by atoms with Crippen molar-refractivity contribution >= 4 is 44.9 Å². The minimum Gasteiger partial charge on any atom is -0.324 e. The highest BCUT2D eigenvalue weighted by molar-refractivity contribution is 8.14. The van der Waals surface area contributed by atoms with Gasteiger partial charge in [0, 0.05) is 5.69 Å². The number of rotatable bonds is 3. The number of anilines is 1. The number of aromatic nitrogens is 2. The molecule has 30 heavy (non-hydrogen) atoms. The predicted octanol–water partition coefficient (Wildman–Crippen LogP) is 5.78. The van der Waals surface area contributed by atoms with Gasteiger partial charge in [0.2, 0.25) is 11.1 Å². The van der Waals surface area contributed by atoms with Gasteiger partial charge in [0.05, 0.1) is 5.04 Å². The Morgan fingerprint density at radius 2 is 1.90 bits per heavy atom. The third-order valence-electron chi connectivity index (χ3n) is 4.58. The second-order valence-corrected chi connectivity index (χ2v) is 9.39. The van der Waals surface area contributed by atoms with Crippen LogP contribution in [-0.4, -0.2) is 26.2 Å². The van der Waals surface area contributed by atoms with Crippen molar-refractivity contribution in [3.05, 3.63) is 70.0 Å². The average molecular weight is 441 g/mol. The molecule has 1 atom stereocenters. The zero-order valence-corrected chi connectivity index (χ0v) is 18.7. The SMILES string of the molecule is CC1=NN(/C(=N/c2nnc(C)s2)Nc2ccc(C)c(C)c2)C(c2cccc(F)c2)S1. The molecule has 0 fully saturated rings. The molecule has 3 aromatic rings. The molecule has 0 bridgehead atoms. The van der Waals surface area contributed by atoms with Gasteiger partial charge in [-0.2, -0.15) is 10.1 Å². The van der Waals surface area contributed by atoms with E-state index in [4.69, 9.17) is 4.99 Å². The molecular weight excluding hydrogens is 419 g/mol. The highest BCUT2D eigenvalue weighted by Crippen LogP contribution is 2.40. The van der Waals surface area contributed by atoms with Crippen molar-refractivity contribution in [1.29, 1.82) is 0 Å². The van der Waals surface area contributed by atoms with E-state index in [2.05, 4.69) is 46.6 Å². The van der Waals surface area contributed by atoms with Crippen molar-refractivity contribution in [3.8, 4) is 0 Å². The van der Waals surface area contributed by atoms with Crippen LogP contribution >= 0.6 is 23.1 Å². The number of guanidine groups is 1. The molecule has 1 aliphatic heterocycles. The maximum Gasteiger partial charge on any atom is 0.234 e. The van der Waals surface area contributed by atoms with Crippen LogP contribution in [0.1, 0.15) is 34.0 Å². The lowest BCUT2D eigenvalue weighted by atomic mass is 10.1. The van der Waals surface area contributed by atoms with Crippen LogP contribution in [0.25, 0.3) is 0 Å². The molecule has 0 saturated heterocycles. The summed E-state index contributed by atoms with van der Waals surface area (Å²) in [6, 6.07) is 12.7. The number of nitrogens with one attached hydrogen (secondary N) is 1. The van der Waals surface area contributed by atoms with E-state index in [0.29, 0.717) is 11.1 Å². The topological polar surface area (TPSA) is 65.8 Å². The summed E-state index contributed by atoms with van der Waals surface area (Å²) in [5, 5.41) is 20.0. The van der Waals surface area contributed by atoms with Crippen molar-refractivity contribution in [3.63, 3.8) is 0 Å². The summed E-state index contributed by atoms with van der Waals surface area (Å²) < 4.78 is 13.9. The first-order valence-corrected chi connectivity index (χ1v) is 11.1. The van der Waals surface area contributed by atoms with Crippen LogP contribution in [0, 0.1) is 26.6 Å². The highest BCUT2D eigenvalue weighted by Gasteiger charge is 2.31. The van der Waals surface area contributed by atoms with Crippen LogP contribution in [0.3, 0.4) is 0 Å². The number of halogens is 1. The molecule has 0 spiro atoms. The Labute approximate surface area is 183 Å². The molecule has 1 N–H and O–H groups in total. The van der Waals surface area contributed by atoms with Gasteiger partial charge in [0.1, 0.15) is 16.2 Å². The van der Waals surface area contributed by atoms with Gasteiger partial charge in [-0.3, -0.25) is 0 Å². The highest BCUT2D eigenvalue weighted by atomic mass is 32.2. The van der Waals surface area contributed by atoms with Gasteiger partial charge < -0.3 is 5.32 Å². The molecule has 1 aliphatic rings. The summed E-state index contributed by atoms with van der Waals surface area (Å²) in [6.45, 7) is 7.95. The molecule has 1 aromatic heterocycles. The number of aliphatic imine (C=N–C) groups is 1. The lowest BCUT2D eigenvalue weighted by Crippen LogP contribution is -2.32. The molecule has 6 nitrogen and oxygen atoms in total. The maximum absolute atomic E-state index is 13.9. The Morgan fingerprint density at radius 1 is 1.07 bits per heavy atom. The number of benzene rings is 2. The second kappa shape index (κ2) is 8.53. The molecule has 2 aromatic carbocycles. The van der Waals surface area contributed by atoms with E-state index in [1.54, 1.807) is 22.8 Å². The largest absolute Gasteiger partial charge is 0.324 e. The standard InChI is InChI=1S/C21H21FN6S2/c1-12-8-9-18(10-13(12)2)23-20(24-21-26-25-14(3)30-21)28-19(29-15(4)27-28)16-6-5-7-17(22)11-16/h5-11,19H,1-4H3,(H,23,24,26). The number of hydrazone groups is 1. The summed E-state index contributed by atoms with van der Waals surface area (Å²) in [6.07, 6.45) is 0. The molecular formula is C21H21FN6S2. The van der Waals surface area contributed by atoms with Crippen LogP contribution < -0.4 is 5.32 Å². The Morgan fingerprint density at radius 3 is 2.60 bits per heavy atom. The summed E-state index contributed by atoms with van der Waals surface area (Å²) >= 11 is 2.95. The van der Waals surface area contributed by atoms with Gasteiger partial charge in [0.25, 0.3) is 0 Å². The van der Waals surface area contributed by atoms with Crippen LogP contribution in [0.2, 0.25) is 0 Å². The fourth-order valence-corrected chi connectivity index (χ4v) is 4.52. The quantitative estimate of drug-likeness (QED) is 0.413. The van der Waals surface area contributed by atoms with E-state index in [1.807, 2.05) is 26.0 Å². The first kappa shape index (κ1) is 20.5. The number of hydrogen-bond donors (Lipinski definition) is 1. The van der Waals surface area contributed by atoms with Gasteiger partial charge >= 0.3 is 0 Å². The number of hydrogen-bond acceptors (Lipinski definition) is 6. The molecule has 4 rings (SSSR count). The molecule has 1 unspecified atom stereocenters.